The molecule has 0 radical (unpaired) electrons. The van der Waals surface area contributed by atoms with Crippen molar-refractivity contribution in [2.45, 2.75) is 31.7 Å². The van der Waals surface area contributed by atoms with Crippen molar-refractivity contribution in [3.8, 4) is 0 Å². The van der Waals surface area contributed by atoms with Crippen molar-refractivity contribution in [2.24, 2.45) is 0 Å². The fourth-order valence-electron chi connectivity index (χ4n) is 1.12. The van der Waals surface area contributed by atoms with Gasteiger partial charge in [0.15, 0.2) is 5.69 Å². The molecular weight excluding hydrogens is 272 g/mol. The minimum Gasteiger partial charge on any atom is -0.455 e. The summed E-state index contributed by atoms with van der Waals surface area (Å²) in [6, 6.07) is 1.76. The summed E-state index contributed by atoms with van der Waals surface area (Å²) in [7, 11) is 0. The fourth-order valence-corrected chi connectivity index (χ4v) is 1.61. The summed E-state index contributed by atoms with van der Waals surface area (Å²) in [5.41, 5.74) is 6.65. The SMILES string of the molecule is CC(C)(C)OC(=O)c1nccc(CBr)c1N. The van der Waals surface area contributed by atoms with E-state index in [9.17, 15) is 4.79 Å². The van der Waals surface area contributed by atoms with Gasteiger partial charge in [0.1, 0.15) is 5.60 Å². The van der Waals surface area contributed by atoms with Crippen LogP contribution in [0.2, 0.25) is 0 Å². The number of pyridine rings is 1. The number of aromatic nitrogens is 1. The average Bonchev–Trinajstić information content (AvgIpc) is 2.15. The van der Waals surface area contributed by atoms with Crippen LogP contribution < -0.4 is 5.73 Å². The van der Waals surface area contributed by atoms with Gasteiger partial charge in [-0.15, -0.1) is 0 Å². The monoisotopic (exact) mass is 286 g/mol. The highest BCUT2D eigenvalue weighted by Crippen LogP contribution is 2.20. The van der Waals surface area contributed by atoms with Crippen molar-refractivity contribution in [3.05, 3.63) is 23.5 Å². The van der Waals surface area contributed by atoms with Gasteiger partial charge >= 0.3 is 5.97 Å². The fraction of sp³-hybridized carbons (Fsp3) is 0.455. The van der Waals surface area contributed by atoms with Crippen molar-refractivity contribution < 1.29 is 9.53 Å². The molecule has 0 aliphatic heterocycles. The zero-order chi connectivity index (χ0) is 12.3. The summed E-state index contributed by atoms with van der Waals surface area (Å²) in [5.74, 6) is -0.493. The molecule has 0 fully saturated rings. The van der Waals surface area contributed by atoms with E-state index in [-0.39, 0.29) is 5.69 Å². The standard InChI is InChI=1S/C11H15BrN2O2/c1-11(2,3)16-10(15)9-8(13)7(6-12)4-5-14-9/h4-5H,6,13H2,1-3H3. The highest BCUT2D eigenvalue weighted by molar-refractivity contribution is 9.08. The number of ether oxygens (including phenoxy) is 1. The second kappa shape index (κ2) is 4.82. The summed E-state index contributed by atoms with van der Waals surface area (Å²) in [4.78, 5) is 15.7. The number of nitrogens with zero attached hydrogens (tertiary/aromatic N) is 1. The summed E-state index contributed by atoms with van der Waals surface area (Å²) >= 11 is 3.29. The third-order valence-electron chi connectivity index (χ3n) is 1.82. The smallest absolute Gasteiger partial charge is 0.359 e. The van der Waals surface area contributed by atoms with Gasteiger partial charge in [-0.25, -0.2) is 9.78 Å². The van der Waals surface area contributed by atoms with Crippen molar-refractivity contribution in [2.75, 3.05) is 5.73 Å². The summed E-state index contributed by atoms with van der Waals surface area (Å²) in [6.45, 7) is 5.40. The Balaban J connectivity index is 3.01. The zero-order valence-electron chi connectivity index (χ0n) is 9.58. The molecule has 16 heavy (non-hydrogen) atoms. The van der Waals surface area contributed by atoms with E-state index < -0.39 is 11.6 Å². The molecule has 0 atom stereocenters. The zero-order valence-corrected chi connectivity index (χ0v) is 11.2. The molecule has 5 heteroatoms. The maximum Gasteiger partial charge on any atom is 0.359 e. The Kier molecular flexibility index (Phi) is 3.91. The van der Waals surface area contributed by atoms with Gasteiger partial charge in [0.05, 0.1) is 5.69 Å². The molecule has 0 saturated heterocycles. The number of carbonyl (C=O) groups is 1. The number of halogens is 1. The molecule has 1 aromatic rings. The quantitative estimate of drug-likeness (QED) is 0.670. The molecule has 4 nitrogen and oxygen atoms in total. The molecule has 1 heterocycles. The number of hydrogen-bond donors (Lipinski definition) is 1. The number of hydrogen-bond acceptors (Lipinski definition) is 4. The third-order valence-corrected chi connectivity index (χ3v) is 2.42. The minimum absolute atomic E-state index is 0.173. The molecule has 0 unspecified atom stereocenters. The Morgan fingerprint density at radius 2 is 2.19 bits per heavy atom. The van der Waals surface area contributed by atoms with Crippen LogP contribution in [0.5, 0.6) is 0 Å². The second-order valence-electron chi connectivity index (χ2n) is 4.37. The van der Waals surface area contributed by atoms with Crippen LogP contribution in [-0.2, 0) is 10.1 Å². The van der Waals surface area contributed by atoms with Crippen LogP contribution in [0, 0.1) is 0 Å². The maximum absolute atomic E-state index is 11.8. The number of esters is 1. The molecule has 0 aromatic carbocycles. The molecule has 88 valence electrons. The topological polar surface area (TPSA) is 65.2 Å². The highest BCUT2D eigenvalue weighted by Gasteiger charge is 2.21. The normalized spacial score (nSPS) is 11.2. The molecule has 0 amide bonds. The van der Waals surface area contributed by atoms with E-state index in [0.717, 1.165) is 5.56 Å². The van der Waals surface area contributed by atoms with Crippen molar-refractivity contribution in [3.63, 3.8) is 0 Å². The van der Waals surface area contributed by atoms with E-state index in [2.05, 4.69) is 20.9 Å². The number of rotatable bonds is 2. The van der Waals surface area contributed by atoms with Crippen molar-refractivity contribution in [1.82, 2.24) is 4.98 Å². The number of nitrogens with two attached hydrogens (primary N) is 1. The van der Waals surface area contributed by atoms with Crippen molar-refractivity contribution >= 4 is 27.6 Å². The Morgan fingerprint density at radius 1 is 1.56 bits per heavy atom. The minimum atomic E-state index is -0.546. The lowest BCUT2D eigenvalue weighted by atomic mass is 10.1. The maximum atomic E-state index is 11.8. The van der Waals surface area contributed by atoms with Gasteiger partial charge in [0, 0.05) is 11.5 Å². The van der Waals surface area contributed by atoms with Crippen LogP contribution in [0.25, 0.3) is 0 Å². The molecule has 1 rings (SSSR count). The van der Waals surface area contributed by atoms with Gasteiger partial charge < -0.3 is 10.5 Å². The van der Waals surface area contributed by atoms with Crippen LogP contribution in [0.3, 0.4) is 0 Å². The van der Waals surface area contributed by atoms with Gasteiger partial charge in [0.2, 0.25) is 0 Å². The van der Waals surface area contributed by atoms with E-state index in [1.165, 1.54) is 0 Å². The van der Waals surface area contributed by atoms with Crippen molar-refractivity contribution in [1.29, 1.82) is 0 Å². The average molecular weight is 287 g/mol. The van der Waals surface area contributed by atoms with Crippen LogP contribution in [0.4, 0.5) is 5.69 Å². The van der Waals surface area contributed by atoms with Gasteiger partial charge in [-0.3, -0.25) is 0 Å². The third kappa shape index (κ3) is 3.20. The first-order valence-electron chi connectivity index (χ1n) is 4.88. The first kappa shape index (κ1) is 13.0. The van der Waals surface area contributed by atoms with Gasteiger partial charge in [0.25, 0.3) is 0 Å². The number of anilines is 1. The first-order valence-corrected chi connectivity index (χ1v) is 6.00. The highest BCUT2D eigenvalue weighted by atomic mass is 79.9. The van der Waals surface area contributed by atoms with Gasteiger partial charge in [-0.2, -0.15) is 0 Å². The molecule has 0 aliphatic carbocycles. The van der Waals surface area contributed by atoms with Gasteiger partial charge in [-0.1, -0.05) is 15.9 Å². The molecule has 0 saturated carbocycles. The van der Waals surface area contributed by atoms with E-state index in [4.69, 9.17) is 10.5 Å². The summed E-state index contributed by atoms with van der Waals surface area (Å²) in [5, 5.41) is 0.581. The molecular formula is C11H15BrN2O2. The Morgan fingerprint density at radius 3 is 2.69 bits per heavy atom. The van der Waals surface area contributed by atoms with Gasteiger partial charge in [-0.05, 0) is 32.4 Å². The van der Waals surface area contributed by atoms with E-state index in [1.807, 2.05) is 0 Å². The molecule has 1 aromatic heterocycles. The number of alkyl halides is 1. The number of nitrogen functional groups attached to an aromatic ring is 1. The lowest BCUT2D eigenvalue weighted by Gasteiger charge is -2.19. The van der Waals surface area contributed by atoms with E-state index in [1.54, 1.807) is 33.0 Å². The molecule has 0 spiro atoms. The van der Waals surface area contributed by atoms with Crippen LogP contribution in [0.1, 0.15) is 36.8 Å². The predicted molar refractivity (Wildman–Crippen MR) is 66.4 cm³/mol. The molecule has 0 aliphatic rings. The van der Waals surface area contributed by atoms with Crippen LogP contribution in [-0.4, -0.2) is 16.6 Å². The van der Waals surface area contributed by atoms with Crippen LogP contribution >= 0.6 is 15.9 Å². The molecule has 2 N–H and O–H groups in total. The Labute approximate surface area is 103 Å². The lowest BCUT2D eigenvalue weighted by Crippen LogP contribution is -2.25. The summed E-state index contributed by atoms with van der Waals surface area (Å²) < 4.78 is 5.21. The van der Waals surface area contributed by atoms with Crippen LogP contribution in [0.15, 0.2) is 12.3 Å². The lowest BCUT2D eigenvalue weighted by molar-refractivity contribution is 0.00641. The largest absolute Gasteiger partial charge is 0.455 e. The summed E-state index contributed by atoms with van der Waals surface area (Å²) in [6.07, 6.45) is 1.55. The molecule has 0 bridgehead atoms. The van der Waals surface area contributed by atoms with E-state index >= 15 is 0 Å². The Hall–Kier alpha value is -1.10. The second-order valence-corrected chi connectivity index (χ2v) is 4.93. The number of carbonyl (C=O) groups excluding carboxylic acids is 1. The Bertz CT molecular complexity index is 399. The predicted octanol–water partition coefficient (Wildman–Crippen LogP) is 2.51. The van der Waals surface area contributed by atoms with E-state index in [0.29, 0.717) is 11.0 Å². The first-order chi connectivity index (χ1) is 7.35.